The van der Waals surface area contributed by atoms with Crippen LogP contribution in [0.5, 0.6) is 0 Å². The van der Waals surface area contributed by atoms with Crippen molar-refractivity contribution in [3.05, 3.63) is 72.3 Å². The van der Waals surface area contributed by atoms with Gasteiger partial charge in [0.2, 0.25) is 0 Å². The van der Waals surface area contributed by atoms with Crippen LogP contribution in [0.2, 0.25) is 0 Å². The number of aromatic nitrogens is 3. The van der Waals surface area contributed by atoms with Crippen LogP contribution in [0.4, 0.5) is 0 Å². The summed E-state index contributed by atoms with van der Waals surface area (Å²) >= 11 is 0. The highest BCUT2D eigenvalue weighted by Crippen LogP contribution is 2.20. The van der Waals surface area contributed by atoms with E-state index in [9.17, 15) is 14.4 Å². The fourth-order valence-corrected chi connectivity index (χ4v) is 2.96. The number of rotatable bonds is 9. The van der Waals surface area contributed by atoms with Crippen molar-refractivity contribution >= 4 is 34.5 Å². The van der Waals surface area contributed by atoms with Crippen LogP contribution >= 0.6 is 0 Å². The molecule has 0 aliphatic rings. The van der Waals surface area contributed by atoms with Crippen molar-refractivity contribution in [2.24, 2.45) is 0 Å². The van der Waals surface area contributed by atoms with Gasteiger partial charge in [-0.25, -0.2) is 19.7 Å². The smallest absolute Gasteiger partial charge is 0.326 e. The van der Waals surface area contributed by atoms with Crippen LogP contribution < -0.4 is 5.32 Å². The second-order valence-corrected chi connectivity index (χ2v) is 6.93. The first-order chi connectivity index (χ1) is 14.8. The van der Waals surface area contributed by atoms with Gasteiger partial charge in [0, 0.05) is 29.8 Å². The van der Waals surface area contributed by atoms with Gasteiger partial charge in [-0.2, -0.15) is 0 Å². The lowest BCUT2D eigenvalue weighted by molar-refractivity contribution is -0.140. The zero-order valence-corrected chi connectivity index (χ0v) is 16.5. The highest BCUT2D eigenvalue weighted by molar-refractivity contribution is 5.96. The average molecular weight is 420 g/mol. The maximum Gasteiger partial charge on any atom is 0.326 e. The van der Waals surface area contributed by atoms with E-state index in [2.05, 4.69) is 26.8 Å². The molecule has 1 amide bonds. The fourth-order valence-electron chi connectivity index (χ4n) is 2.96. The van der Waals surface area contributed by atoms with Crippen molar-refractivity contribution in [3.63, 3.8) is 0 Å². The summed E-state index contributed by atoms with van der Waals surface area (Å²) in [7, 11) is 0. The molecule has 9 nitrogen and oxygen atoms in total. The lowest BCUT2D eigenvalue weighted by Gasteiger charge is -2.14. The maximum atomic E-state index is 12.3. The number of carboxylic acids is 2. The van der Waals surface area contributed by atoms with Gasteiger partial charge in [0.05, 0.1) is 0 Å². The largest absolute Gasteiger partial charge is 0.481 e. The molecular weight excluding hydrogens is 400 g/mol. The SMILES string of the molecule is C=C(Cc1ccc(C(=O)N[C@@H](CCC(=O)O)C(=O)O)cc1)c1cnc2ncncc2c1. The topological polar surface area (TPSA) is 142 Å². The van der Waals surface area contributed by atoms with Gasteiger partial charge in [-0.05, 0) is 47.7 Å². The number of benzene rings is 1. The van der Waals surface area contributed by atoms with Gasteiger partial charge in [0.1, 0.15) is 12.4 Å². The molecule has 0 saturated heterocycles. The van der Waals surface area contributed by atoms with Crippen LogP contribution in [0.3, 0.4) is 0 Å². The number of carbonyl (C=O) groups excluding carboxylic acids is 1. The molecule has 2 aromatic heterocycles. The van der Waals surface area contributed by atoms with E-state index in [0.29, 0.717) is 12.1 Å². The predicted octanol–water partition coefficient (Wildman–Crippen LogP) is 2.33. The van der Waals surface area contributed by atoms with E-state index in [4.69, 9.17) is 10.2 Å². The number of pyridine rings is 1. The number of allylic oxidation sites excluding steroid dienone is 1. The molecule has 0 fully saturated rings. The molecule has 0 spiro atoms. The van der Waals surface area contributed by atoms with Gasteiger partial charge in [0.25, 0.3) is 5.91 Å². The second-order valence-electron chi connectivity index (χ2n) is 6.93. The molecule has 2 heterocycles. The van der Waals surface area contributed by atoms with Crippen molar-refractivity contribution in [2.75, 3.05) is 0 Å². The zero-order valence-electron chi connectivity index (χ0n) is 16.5. The molecule has 0 aliphatic carbocycles. The molecule has 9 heteroatoms. The number of fused-ring (bicyclic) bond motifs is 1. The quantitative estimate of drug-likeness (QED) is 0.479. The number of nitrogens with zero attached hydrogens (tertiary/aromatic N) is 3. The molecule has 0 saturated carbocycles. The minimum Gasteiger partial charge on any atom is -0.481 e. The number of carbonyl (C=O) groups is 3. The summed E-state index contributed by atoms with van der Waals surface area (Å²) < 4.78 is 0. The molecule has 0 aliphatic heterocycles. The number of nitrogens with one attached hydrogen (secondary N) is 1. The number of carboxylic acid groups (broad SMARTS) is 2. The van der Waals surface area contributed by atoms with Crippen molar-refractivity contribution in [1.29, 1.82) is 0 Å². The standard InChI is InChI=1S/C22H20N4O5/c1-13(16-9-17-10-23-12-25-20(17)24-11-16)8-14-2-4-15(5-3-14)21(29)26-18(22(30)31)6-7-19(27)28/h2-5,9-12,18H,1,6-8H2,(H,26,29)(H,27,28)(H,30,31)/t18-/m0/s1. The average Bonchev–Trinajstić information content (AvgIpc) is 2.76. The van der Waals surface area contributed by atoms with Crippen LogP contribution in [0.1, 0.15) is 34.3 Å². The first-order valence-corrected chi connectivity index (χ1v) is 9.42. The van der Waals surface area contributed by atoms with E-state index in [1.54, 1.807) is 36.7 Å². The van der Waals surface area contributed by atoms with Gasteiger partial charge in [0.15, 0.2) is 5.65 Å². The Morgan fingerprint density at radius 2 is 1.77 bits per heavy atom. The lowest BCUT2D eigenvalue weighted by atomic mass is 9.99. The normalized spacial score (nSPS) is 11.6. The Morgan fingerprint density at radius 3 is 2.45 bits per heavy atom. The molecule has 3 aromatic rings. The summed E-state index contributed by atoms with van der Waals surface area (Å²) in [5.74, 6) is -2.99. The van der Waals surface area contributed by atoms with Crippen molar-refractivity contribution in [1.82, 2.24) is 20.3 Å². The Balaban J connectivity index is 1.64. The van der Waals surface area contributed by atoms with Crippen molar-refractivity contribution < 1.29 is 24.6 Å². The first-order valence-electron chi connectivity index (χ1n) is 9.42. The van der Waals surface area contributed by atoms with Crippen LogP contribution in [-0.2, 0) is 16.0 Å². The molecular formula is C22H20N4O5. The number of amides is 1. The fraction of sp³-hybridized carbons (Fsp3) is 0.182. The Labute approximate surface area is 177 Å². The van der Waals surface area contributed by atoms with Gasteiger partial charge in [-0.15, -0.1) is 0 Å². The van der Waals surface area contributed by atoms with Gasteiger partial charge in [-0.3, -0.25) is 9.59 Å². The second kappa shape index (κ2) is 9.57. The summed E-state index contributed by atoms with van der Waals surface area (Å²) in [5.41, 5.74) is 3.47. The summed E-state index contributed by atoms with van der Waals surface area (Å²) in [6.07, 6.45) is 4.79. The first kappa shape index (κ1) is 21.6. The van der Waals surface area contributed by atoms with Crippen LogP contribution in [0.25, 0.3) is 16.6 Å². The Hall–Kier alpha value is -4.14. The predicted molar refractivity (Wildman–Crippen MR) is 112 cm³/mol. The van der Waals surface area contributed by atoms with E-state index in [1.165, 1.54) is 6.33 Å². The monoisotopic (exact) mass is 420 g/mol. The summed E-state index contributed by atoms with van der Waals surface area (Å²) in [6.45, 7) is 4.10. The van der Waals surface area contributed by atoms with E-state index >= 15 is 0 Å². The van der Waals surface area contributed by atoms with Crippen LogP contribution in [0, 0.1) is 0 Å². The van der Waals surface area contributed by atoms with Gasteiger partial charge < -0.3 is 15.5 Å². The molecule has 0 radical (unpaired) electrons. The van der Waals surface area contributed by atoms with Gasteiger partial charge in [-0.1, -0.05) is 18.7 Å². The maximum absolute atomic E-state index is 12.3. The lowest BCUT2D eigenvalue weighted by Crippen LogP contribution is -2.41. The molecule has 0 bridgehead atoms. The number of hydrogen-bond donors (Lipinski definition) is 3. The molecule has 158 valence electrons. The van der Waals surface area contributed by atoms with Crippen molar-refractivity contribution in [2.45, 2.75) is 25.3 Å². The Bertz CT molecular complexity index is 1140. The van der Waals surface area contributed by atoms with Crippen molar-refractivity contribution in [3.8, 4) is 0 Å². The summed E-state index contributed by atoms with van der Waals surface area (Å²) in [4.78, 5) is 46.6. The third kappa shape index (κ3) is 5.69. The van der Waals surface area contributed by atoms with Crippen LogP contribution in [0.15, 0.2) is 55.6 Å². The Morgan fingerprint density at radius 1 is 1.03 bits per heavy atom. The molecule has 3 rings (SSSR count). The number of aliphatic carboxylic acids is 2. The molecule has 1 aromatic carbocycles. The van der Waals surface area contributed by atoms with E-state index < -0.39 is 23.9 Å². The molecule has 0 unspecified atom stereocenters. The van der Waals surface area contributed by atoms with Gasteiger partial charge >= 0.3 is 11.9 Å². The highest BCUT2D eigenvalue weighted by Gasteiger charge is 2.21. The molecule has 1 atom stereocenters. The molecule has 3 N–H and O–H groups in total. The number of hydrogen-bond acceptors (Lipinski definition) is 6. The highest BCUT2D eigenvalue weighted by atomic mass is 16.4. The third-order valence-electron chi connectivity index (χ3n) is 4.65. The molecule has 31 heavy (non-hydrogen) atoms. The van der Waals surface area contributed by atoms with E-state index in [1.807, 2.05) is 6.07 Å². The van der Waals surface area contributed by atoms with E-state index in [0.717, 1.165) is 22.1 Å². The van der Waals surface area contributed by atoms with E-state index in [-0.39, 0.29) is 18.4 Å². The summed E-state index contributed by atoms with van der Waals surface area (Å²) in [5, 5.41) is 21.0. The minimum absolute atomic E-state index is 0.195. The minimum atomic E-state index is -1.28. The van der Waals surface area contributed by atoms with Crippen LogP contribution in [-0.4, -0.2) is 49.1 Å². The zero-order chi connectivity index (χ0) is 22.4. The Kier molecular flexibility index (Phi) is 6.66. The third-order valence-corrected chi connectivity index (χ3v) is 4.65. The summed E-state index contributed by atoms with van der Waals surface area (Å²) in [6, 6.07) is 7.32.